The molecule has 2 rings (SSSR count). The molecule has 0 aliphatic rings. The first-order valence-corrected chi connectivity index (χ1v) is 5.06. The lowest BCUT2D eigenvalue weighted by molar-refractivity contribution is 1.07. The van der Waals surface area contributed by atoms with Gasteiger partial charge in [0, 0.05) is 26.8 Å². The fraction of sp³-hybridized carbons (Fsp3) is 0.200. The molecule has 0 fully saturated rings. The molecule has 0 spiro atoms. The molecule has 0 amide bonds. The SMILES string of the molecule is CCc1cc2c(Br)cc(N)cc2[nH]1. The third-order valence-electron chi connectivity index (χ3n) is 2.15. The molecule has 68 valence electrons. The molecule has 13 heavy (non-hydrogen) atoms. The molecular weight excluding hydrogens is 228 g/mol. The van der Waals surface area contributed by atoms with Crippen LogP contribution in [0.3, 0.4) is 0 Å². The van der Waals surface area contributed by atoms with Crippen molar-refractivity contribution < 1.29 is 0 Å². The van der Waals surface area contributed by atoms with Gasteiger partial charge in [0.05, 0.1) is 0 Å². The highest BCUT2D eigenvalue weighted by Gasteiger charge is 2.03. The number of aromatic amines is 1. The molecular formula is C10H11BrN2. The number of benzene rings is 1. The van der Waals surface area contributed by atoms with Gasteiger partial charge in [0.1, 0.15) is 0 Å². The second-order valence-electron chi connectivity index (χ2n) is 3.11. The zero-order chi connectivity index (χ0) is 9.42. The Bertz CT molecular complexity index is 445. The zero-order valence-corrected chi connectivity index (χ0v) is 8.98. The van der Waals surface area contributed by atoms with Gasteiger partial charge in [-0.05, 0) is 24.6 Å². The number of fused-ring (bicyclic) bond motifs is 1. The molecule has 0 atom stereocenters. The summed E-state index contributed by atoms with van der Waals surface area (Å²) in [6.45, 7) is 2.13. The molecule has 3 heteroatoms. The number of nitrogens with one attached hydrogen (secondary N) is 1. The van der Waals surface area contributed by atoms with Gasteiger partial charge >= 0.3 is 0 Å². The number of H-pyrrole nitrogens is 1. The minimum absolute atomic E-state index is 0.781. The van der Waals surface area contributed by atoms with Crippen LogP contribution in [0.4, 0.5) is 5.69 Å². The predicted octanol–water partition coefficient (Wildman–Crippen LogP) is 3.08. The predicted molar refractivity (Wildman–Crippen MR) is 59.8 cm³/mol. The molecule has 1 aromatic carbocycles. The summed E-state index contributed by atoms with van der Waals surface area (Å²) >= 11 is 3.49. The number of rotatable bonds is 1. The number of nitrogens with two attached hydrogens (primary N) is 1. The Morgan fingerprint density at radius 2 is 2.15 bits per heavy atom. The Kier molecular flexibility index (Phi) is 2.04. The Morgan fingerprint density at radius 3 is 2.85 bits per heavy atom. The average Bonchev–Trinajstić information content (AvgIpc) is 2.47. The third-order valence-corrected chi connectivity index (χ3v) is 2.80. The number of hydrogen-bond donors (Lipinski definition) is 2. The fourth-order valence-electron chi connectivity index (χ4n) is 1.46. The number of nitrogen functional groups attached to an aromatic ring is 1. The molecule has 0 unspecified atom stereocenters. The summed E-state index contributed by atoms with van der Waals surface area (Å²) in [5.41, 5.74) is 8.84. The molecule has 0 saturated heterocycles. The summed E-state index contributed by atoms with van der Waals surface area (Å²) in [7, 11) is 0. The van der Waals surface area contributed by atoms with Gasteiger partial charge in [-0.3, -0.25) is 0 Å². The van der Waals surface area contributed by atoms with Crippen molar-refractivity contribution in [3.63, 3.8) is 0 Å². The average molecular weight is 239 g/mol. The van der Waals surface area contributed by atoms with E-state index < -0.39 is 0 Å². The zero-order valence-electron chi connectivity index (χ0n) is 7.39. The van der Waals surface area contributed by atoms with Crippen LogP contribution in [0.5, 0.6) is 0 Å². The van der Waals surface area contributed by atoms with Crippen LogP contribution in [-0.4, -0.2) is 4.98 Å². The Labute approximate surface area is 85.3 Å². The van der Waals surface area contributed by atoms with Crippen molar-refractivity contribution in [2.24, 2.45) is 0 Å². The van der Waals surface area contributed by atoms with Gasteiger partial charge < -0.3 is 10.7 Å². The van der Waals surface area contributed by atoms with Crippen molar-refractivity contribution in [3.05, 3.63) is 28.4 Å². The van der Waals surface area contributed by atoms with Gasteiger partial charge in [-0.25, -0.2) is 0 Å². The maximum atomic E-state index is 5.73. The standard InChI is InChI=1S/C10H11BrN2/c1-2-7-5-8-9(11)3-6(12)4-10(8)13-7/h3-5,13H,2,12H2,1H3. The second kappa shape index (κ2) is 3.07. The fourth-order valence-corrected chi connectivity index (χ4v) is 2.06. The molecule has 3 N–H and O–H groups in total. The van der Waals surface area contributed by atoms with E-state index in [1.165, 1.54) is 11.1 Å². The third kappa shape index (κ3) is 1.44. The first-order valence-electron chi connectivity index (χ1n) is 4.27. The lowest BCUT2D eigenvalue weighted by Gasteiger charge is -1.96. The highest BCUT2D eigenvalue weighted by molar-refractivity contribution is 9.10. The maximum absolute atomic E-state index is 5.73. The quantitative estimate of drug-likeness (QED) is 0.737. The molecule has 1 aromatic heterocycles. The van der Waals surface area contributed by atoms with Crippen molar-refractivity contribution in [2.45, 2.75) is 13.3 Å². The first-order chi connectivity index (χ1) is 6.20. The van der Waals surface area contributed by atoms with Crippen LogP contribution in [0.25, 0.3) is 10.9 Å². The number of hydrogen-bond acceptors (Lipinski definition) is 1. The monoisotopic (exact) mass is 238 g/mol. The van der Waals surface area contributed by atoms with Gasteiger partial charge in [0.15, 0.2) is 0 Å². The number of aryl methyl sites for hydroxylation is 1. The Morgan fingerprint density at radius 1 is 1.38 bits per heavy atom. The summed E-state index contributed by atoms with van der Waals surface area (Å²) in [4.78, 5) is 3.32. The van der Waals surface area contributed by atoms with Crippen molar-refractivity contribution in [1.82, 2.24) is 4.98 Å². The smallest absolute Gasteiger partial charge is 0.0488 e. The van der Waals surface area contributed by atoms with Gasteiger partial charge in [0.2, 0.25) is 0 Å². The largest absolute Gasteiger partial charge is 0.399 e. The van der Waals surface area contributed by atoms with Gasteiger partial charge in [-0.15, -0.1) is 0 Å². The van der Waals surface area contributed by atoms with Crippen molar-refractivity contribution in [1.29, 1.82) is 0 Å². The van der Waals surface area contributed by atoms with Crippen molar-refractivity contribution in [2.75, 3.05) is 5.73 Å². The highest BCUT2D eigenvalue weighted by atomic mass is 79.9. The lowest BCUT2D eigenvalue weighted by atomic mass is 10.2. The molecule has 0 radical (unpaired) electrons. The highest BCUT2D eigenvalue weighted by Crippen LogP contribution is 2.27. The van der Waals surface area contributed by atoms with E-state index in [0.29, 0.717) is 0 Å². The van der Waals surface area contributed by atoms with Crippen LogP contribution in [-0.2, 0) is 6.42 Å². The van der Waals surface area contributed by atoms with Crippen LogP contribution < -0.4 is 5.73 Å². The van der Waals surface area contributed by atoms with E-state index in [4.69, 9.17) is 5.73 Å². The Balaban J connectivity index is 2.75. The molecule has 2 aromatic rings. The summed E-state index contributed by atoms with van der Waals surface area (Å²) in [6.07, 6.45) is 1.01. The molecule has 2 nitrogen and oxygen atoms in total. The van der Waals surface area contributed by atoms with E-state index in [1.807, 2.05) is 12.1 Å². The summed E-state index contributed by atoms with van der Waals surface area (Å²) in [5, 5.41) is 1.20. The van der Waals surface area contributed by atoms with Gasteiger partial charge in [0.25, 0.3) is 0 Å². The molecule has 0 aliphatic heterocycles. The second-order valence-corrected chi connectivity index (χ2v) is 3.97. The van der Waals surface area contributed by atoms with Gasteiger partial charge in [-0.1, -0.05) is 22.9 Å². The molecule has 0 bridgehead atoms. The van der Waals surface area contributed by atoms with E-state index >= 15 is 0 Å². The first kappa shape index (κ1) is 8.63. The minimum Gasteiger partial charge on any atom is -0.399 e. The van der Waals surface area contributed by atoms with Crippen molar-refractivity contribution >= 4 is 32.5 Å². The summed E-state index contributed by atoms with van der Waals surface area (Å²) < 4.78 is 1.05. The van der Waals surface area contributed by atoms with Crippen LogP contribution >= 0.6 is 15.9 Å². The topological polar surface area (TPSA) is 41.8 Å². The number of anilines is 1. The molecule has 0 aliphatic carbocycles. The minimum atomic E-state index is 0.781. The normalized spacial score (nSPS) is 10.9. The molecule has 0 saturated carbocycles. The van der Waals surface area contributed by atoms with E-state index in [1.54, 1.807) is 0 Å². The van der Waals surface area contributed by atoms with Crippen LogP contribution in [0.2, 0.25) is 0 Å². The summed E-state index contributed by atoms with van der Waals surface area (Å²) in [5.74, 6) is 0. The molecule has 1 heterocycles. The van der Waals surface area contributed by atoms with E-state index in [2.05, 4.69) is 33.9 Å². The van der Waals surface area contributed by atoms with Gasteiger partial charge in [-0.2, -0.15) is 0 Å². The van der Waals surface area contributed by atoms with E-state index in [9.17, 15) is 0 Å². The van der Waals surface area contributed by atoms with Crippen LogP contribution in [0, 0.1) is 0 Å². The van der Waals surface area contributed by atoms with E-state index in [0.717, 1.165) is 22.1 Å². The van der Waals surface area contributed by atoms with Crippen LogP contribution in [0.1, 0.15) is 12.6 Å². The maximum Gasteiger partial charge on any atom is 0.0488 e. The van der Waals surface area contributed by atoms with Crippen molar-refractivity contribution in [3.8, 4) is 0 Å². The van der Waals surface area contributed by atoms with Crippen LogP contribution in [0.15, 0.2) is 22.7 Å². The summed E-state index contributed by atoms with van der Waals surface area (Å²) in [6, 6.07) is 6.04. The number of aromatic nitrogens is 1. The Hall–Kier alpha value is -0.960. The lowest BCUT2D eigenvalue weighted by Crippen LogP contribution is -1.83. The number of halogens is 1. The van der Waals surface area contributed by atoms with E-state index in [-0.39, 0.29) is 0 Å².